The molecule has 0 spiro atoms. The minimum atomic E-state index is 0.669. The third-order valence-corrected chi connectivity index (χ3v) is 6.18. The van der Waals surface area contributed by atoms with Crippen LogP contribution in [0.15, 0.2) is 73.3 Å². The average Bonchev–Trinajstić information content (AvgIpc) is 2.78. The van der Waals surface area contributed by atoms with E-state index >= 15 is 0 Å². The fourth-order valence-electron chi connectivity index (χ4n) is 4.36. The summed E-state index contributed by atoms with van der Waals surface area (Å²) in [4.78, 5) is 0. The lowest BCUT2D eigenvalue weighted by atomic mass is 9.77. The molecule has 0 bridgehead atoms. The summed E-state index contributed by atoms with van der Waals surface area (Å²) in [6.45, 7) is 7.35. The van der Waals surface area contributed by atoms with Crippen LogP contribution in [0.2, 0.25) is 0 Å². The third-order valence-electron chi connectivity index (χ3n) is 6.18. The van der Waals surface area contributed by atoms with Crippen molar-refractivity contribution in [3.63, 3.8) is 0 Å². The van der Waals surface area contributed by atoms with Gasteiger partial charge < -0.3 is 4.74 Å². The molecule has 29 heavy (non-hydrogen) atoms. The molecule has 0 aliphatic heterocycles. The summed E-state index contributed by atoms with van der Waals surface area (Å²) in [6.07, 6.45) is 15.3. The van der Waals surface area contributed by atoms with E-state index in [0.29, 0.717) is 13.2 Å². The van der Waals surface area contributed by atoms with Crippen molar-refractivity contribution < 1.29 is 4.74 Å². The molecule has 2 aromatic rings. The second kappa shape index (κ2) is 11.8. The number of benzene rings is 2. The Labute approximate surface area is 177 Å². The van der Waals surface area contributed by atoms with Gasteiger partial charge in [-0.2, -0.15) is 0 Å². The van der Waals surface area contributed by atoms with Gasteiger partial charge in [0.25, 0.3) is 0 Å². The van der Waals surface area contributed by atoms with Gasteiger partial charge in [0.15, 0.2) is 0 Å². The lowest BCUT2D eigenvalue weighted by Crippen LogP contribution is -2.13. The van der Waals surface area contributed by atoms with Gasteiger partial charge in [-0.15, -0.1) is 6.58 Å². The van der Waals surface area contributed by atoms with Gasteiger partial charge in [0, 0.05) is 0 Å². The van der Waals surface area contributed by atoms with Crippen LogP contribution in [-0.4, -0.2) is 6.61 Å². The molecule has 0 radical (unpaired) electrons. The van der Waals surface area contributed by atoms with Gasteiger partial charge in [0.2, 0.25) is 0 Å². The molecule has 1 saturated carbocycles. The van der Waals surface area contributed by atoms with E-state index in [2.05, 4.69) is 80.3 Å². The van der Waals surface area contributed by atoms with Crippen LogP contribution in [-0.2, 0) is 11.3 Å². The molecule has 1 aliphatic rings. The summed E-state index contributed by atoms with van der Waals surface area (Å²) in [5.74, 6) is 1.65. The van der Waals surface area contributed by atoms with Crippen LogP contribution in [0, 0.1) is 5.92 Å². The second-order valence-electron chi connectivity index (χ2n) is 8.30. The number of allylic oxidation sites excluding steroid dienone is 2. The zero-order valence-electron chi connectivity index (χ0n) is 18.0. The van der Waals surface area contributed by atoms with Crippen molar-refractivity contribution in [3.05, 3.63) is 84.5 Å². The first-order chi connectivity index (χ1) is 14.3. The van der Waals surface area contributed by atoms with Gasteiger partial charge >= 0.3 is 0 Å². The van der Waals surface area contributed by atoms with Crippen LogP contribution in [0.4, 0.5) is 0 Å². The summed E-state index contributed by atoms with van der Waals surface area (Å²) in [5.41, 5.74) is 5.32. The summed E-state index contributed by atoms with van der Waals surface area (Å²) < 4.78 is 5.69. The highest BCUT2D eigenvalue weighted by atomic mass is 16.5. The molecule has 0 unspecified atom stereocenters. The summed E-state index contributed by atoms with van der Waals surface area (Å²) >= 11 is 0. The molecule has 0 amide bonds. The predicted octanol–water partition coefficient (Wildman–Crippen LogP) is 8.08. The molecule has 2 aromatic carbocycles. The van der Waals surface area contributed by atoms with Gasteiger partial charge in [-0.25, -0.2) is 0 Å². The first-order valence-corrected chi connectivity index (χ1v) is 11.3. The average molecular weight is 389 g/mol. The zero-order chi connectivity index (χ0) is 20.3. The third kappa shape index (κ3) is 6.72. The summed E-state index contributed by atoms with van der Waals surface area (Å²) in [5, 5.41) is 0. The van der Waals surface area contributed by atoms with Gasteiger partial charge in [-0.3, -0.25) is 0 Å². The molecule has 0 heterocycles. The Kier molecular flexibility index (Phi) is 8.77. The molecule has 0 saturated heterocycles. The Hall–Kier alpha value is -2.12. The van der Waals surface area contributed by atoms with E-state index in [1.54, 1.807) is 0 Å². The standard InChI is InChI=1S/C28H36O/c1-3-5-7-21-29-22-24-11-15-26(16-12-24)28-19-17-27(18-20-28)25-13-9-23(10-14-25)8-6-4-2/h4-5,7,11-12,15-20,23,25H,2-3,6,8-10,13-14,21-22H2,1H3/b7-5+. The fourth-order valence-corrected chi connectivity index (χ4v) is 4.36. The van der Waals surface area contributed by atoms with E-state index < -0.39 is 0 Å². The van der Waals surface area contributed by atoms with E-state index in [1.165, 1.54) is 60.8 Å². The van der Waals surface area contributed by atoms with Crippen LogP contribution < -0.4 is 0 Å². The molecule has 0 atom stereocenters. The van der Waals surface area contributed by atoms with E-state index in [4.69, 9.17) is 4.74 Å². The maximum absolute atomic E-state index is 5.69. The van der Waals surface area contributed by atoms with Crippen molar-refractivity contribution in [2.24, 2.45) is 5.92 Å². The maximum atomic E-state index is 5.69. The second-order valence-corrected chi connectivity index (χ2v) is 8.30. The van der Waals surface area contributed by atoms with Crippen LogP contribution in [0.25, 0.3) is 11.1 Å². The van der Waals surface area contributed by atoms with E-state index in [1.807, 2.05) is 0 Å². The van der Waals surface area contributed by atoms with Gasteiger partial charge in [-0.1, -0.05) is 73.7 Å². The van der Waals surface area contributed by atoms with Crippen LogP contribution >= 0.6 is 0 Å². The molecule has 1 nitrogen and oxygen atoms in total. The van der Waals surface area contributed by atoms with E-state index in [0.717, 1.165) is 18.3 Å². The number of hydrogen-bond acceptors (Lipinski definition) is 1. The highest BCUT2D eigenvalue weighted by molar-refractivity contribution is 5.64. The lowest BCUT2D eigenvalue weighted by Gasteiger charge is -2.28. The van der Waals surface area contributed by atoms with E-state index in [9.17, 15) is 0 Å². The highest BCUT2D eigenvalue weighted by Crippen LogP contribution is 2.38. The molecule has 1 fully saturated rings. The SMILES string of the molecule is C=CCCC1CCC(c2ccc(-c3ccc(COC/C=C/CC)cc3)cc2)CC1. The molecule has 0 aromatic heterocycles. The highest BCUT2D eigenvalue weighted by Gasteiger charge is 2.21. The molecular formula is C28H36O. The van der Waals surface area contributed by atoms with Crippen LogP contribution in [0.5, 0.6) is 0 Å². The summed E-state index contributed by atoms with van der Waals surface area (Å²) in [7, 11) is 0. The smallest absolute Gasteiger partial charge is 0.0721 e. The molecule has 154 valence electrons. The van der Waals surface area contributed by atoms with Crippen molar-refractivity contribution in [1.29, 1.82) is 0 Å². The van der Waals surface area contributed by atoms with Crippen molar-refractivity contribution >= 4 is 0 Å². The topological polar surface area (TPSA) is 9.23 Å². The molecule has 1 aliphatic carbocycles. The van der Waals surface area contributed by atoms with Crippen molar-refractivity contribution in [2.45, 2.75) is 64.4 Å². The summed E-state index contributed by atoms with van der Waals surface area (Å²) in [6, 6.07) is 18.1. The fraction of sp³-hybridized carbons (Fsp3) is 0.429. The predicted molar refractivity (Wildman–Crippen MR) is 125 cm³/mol. The Morgan fingerprint density at radius 1 is 0.897 bits per heavy atom. The first-order valence-electron chi connectivity index (χ1n) is 11.3. The Bertz CT molecular complexity index is 746. The Balaban J connectivity index is 1.51. The lowest BCUT2D eigenvalue weighted by molar-refractivity contribution is 0.148. The zero-order valence-corrected chi connectivity index (χ0v) is 18.0. The molecule has 1 heteroatoms. The van der Waals surface area contributed by atoms with Crippen LogP contribution in [0.3, 0.4) is 0 Å². The van der Waals surface area contributed by atoms with Gasteiger partial charge in [-0.05, 0) is 79.0 Å². The number of rotatable bonds is 10. The first kappa shape index (κ1) is 21.6. The number of hydrogen-bond donors (Lipinski definition) is 0. The van der Waals surface area contributed by atoms with Crippen molar-refractivity contribution in [3.8, 4) is 11.1 Å². The quantitative estimate of drug-likeness (QED) is 0.295. The molecular weight excluding hydrogens is 352 g/mol. The maximum Gasteiger partial charge on any atom is 0.0721 e. The number of ether oxygens (including phenoxy) is 1. The van der Waals surface area contributed by atoms with E-state index in [-0.39, 0.29) is 0 Å². The van der Waals surface area contributed by atoms with Crippen molar-refractivity contribution in [1.82, 2.24) is 0 Å². The minimum absolute atomic E-state index is 0.669. The van der Waals surface area contributed by atoms with Crippen molar-refractivity contribution in [2.75, 3.05) is 6.61 Å². The van der Waals surface area contributed by atoms with Gasteiger partial charge in [0.1, 0.15) is 0 Å². The molecule has 0 N–H and O–H groups in total. The monoisotopic (exact) mass is 388 g/mol. The van der Waals surface area contributed by atoms with Gasteiger partial charge in [0.05, 0.1) is 13.2 Å². The van der Waals surface area contributed by atoms with Crippen LogP contribution in [0.1, 0.15) is 68.9 Å². The largest absolute Gasteiger partial charge is 0.373 e. The minimum Gasteiger partial charge on any atom is -0.373 e. The Morgan fingerprint density at radius 2 is 1.55 bits per heavy atom. The normalized spacial score (nSPS) is 19.5. The molecule has 3 rings (SSSR count). The Morgan fingerprint density at radius 3 is 2.17 bits per heavy atom.